The molecule has 1 fully saturated rings. The van der Waals surface area contributed by atoms with Crippen molar-refractivity contribution in [3.63, 3.8) is 0 Å². The van der Waals surface area contributed by atoms with Crippen LogP contribution in [0.4, 0.5) is 0 Å². The van der Waals surface area contributed by atoms with Crippen LogP contribution in [0.25, 0.3) is 0 Å². The van der Waals surface area contributed by atoms with Crippen molar-refractivity contribution in [2.45, 2.75) is 83.0 Å². The minimum Gasteiger partial charge on any atom is -0.460 e. The predicted octanol–water partition coefficient (Wildman–Crippen LogP) is 4.23. The normalized spacial score (nSPS) is 21.8. The van der Waals surface area contributed by atoms with Crippen molar-refractivity contribution in [2.75, 3.05) is 0 Å². The second-order valence-electron chi connectivity index (χ2n) is 5.90. The van der Waals surface area contributed by atoms with Gasteiger partial charge in [0.15, 0.2) is 18.1 Å². The lowest BCUT2D eigenvalue weighted by Gasteiger charge is -2.37. The molecule has 0 N–H and O–H groups in total. The monoisotopic (exact) mass is 258 g/mol. The molecular weight excluding hydrogens is 228 g/mol. The second kappa shape index (κ2) is 6.36. The van der Waals surface area contributed by atoms with E-state index in [0.717, 1.165) is 0 Å². The van der Waals surface area contributed by atoms with Crippen LogP contribution in [-0.2, 0) is 4.12 Å². The summed E-state index contributed by atoms with van der Waals surface area (Å²) in [5.41, 5.74) is 0. The van der Waals surface area contributed by atoms with Gasteiger partial charge in [-0.1, -0.05) is 47.0 Å². The third-order valence-electron chi connectivity index (χ3n) is 4.72. The first-order chi connectivity index (χ1) is 7.60. The molecule has 0 aromatic rings. The molecule has 0 aromatic carbocycles. The Hall–Kier alpha value is 0.394. The van der Waals surface area contributed by atoms with E-state index in [1.807, 2.05) is 0 Å². The zero-order valence-corrected chi connectivity index (χ0v) is 14.2. The molecule has 1 aliphatic rings. The Morgan fingerprint density at radius 2 is 1.50 bits per heavy atom. The zero-order chi connectivity index (χ0) is 12.1. The van der Waals surface area contributed by atoms with Gasteiger partial charge in [0.1, 0.15) is 0 Å². The second-order valence-corrected chi connectivity index (χ2v) is 13.5. The minimum atomic E-state index is -1.29. The van der Waals surface area contributed by atoms with Crippen LogP contribution >= 0.6 is 0 Å². The third kappa shape index (κ3) is 3.71. The van der Waals surface area contributed by atoms with Crippen molar-refractivity contribution >= 4 is 18.1 Å². The molecule has 3 heteroatoms. The topological polar surface area (TPSA) is 9.23 Å². The van der Waals surface area contributed by atoms with Crippen LogP contribution in [0.15, 0.2) is 0 Å². The summed E-state index contributed by atoms with van der Waals surface area (Å²) in [5.74, 6) is 0. The van der Waals surface area contributed by atoms with Gasteiger partial charge in [-0.25, -0.2) is 0 Å². The lowest BCUT2D eigenvalue weighted by molar-refractivity contribution is 0.370. The smallest absolute Gasteiger partial charge is 0.178 e. The highest BCUT2D eigenvalue weighted by Gasteiger charge is 2.34. The highest BCUT2D eigenvalue weighted by Crippen LogP contribution is 2.42. The van der Waals surface area contributed by atoms with E-state index < -0.39 is 8.32 Å². The van der Waals surface area contributed by atoms with Crippen molar-refractivity contribution < 1.29 is 4.12 Å². The summed E-state index contributed by atoms with van der Waals surface area (Å²) in [6.07, 6.45) is 7.25. The Labute approximate surface area is 105 Å². The van der Waals surface area contributed by atoms with Crippen LogP contribution in [0.2, 0.25) is 23.2 Å². The van der Waals surface area contributed by atoms with Gasteiger partial charge in [0.05, 0.1) is 0 Å². The molecule has 0 atom stereocenters. The Bertz CT molecular complexity index is 188. The maximum absolute atomic E-state index is 6.60. The number of rotatable bonds is 6. The summed E-state index contributed by atoms with van der Waals surface area (Å²) in [6, 6.07) is 3.97. The molecule has 1 rings (SSSR count). The predicted molar refractivity (Wildman–Crippen MR) is 78.3 cm³/mol. The zero-order valence-electron chi connectivity index (χ0n) is 11.8. The molecule has 0 bridgehead atoms. The highest BCUT2D eigenvalue weighted by molar-refractivity contribution is 6.77. The van der Waals surface area contributed by atoms with Crippen molar-refractivity contribution in [1.29, 1.82) is 0 Å². The van der Waals surface area contributed by atoms with Crippen molar-refractivity contribution in [1.82, 2.24) is 0 Å². The summed E-state index contributed by atoms with van der Waals surface area (Å²) in [5, 5.41) is 0.635. The molecule has 96 valence electrons. The Kier molecular flexibility index (Phi) is 5.75. The molecule has 0 radical (unpaired) electrons. The fourth-order valence-electron chi connectivity index (χ4n) is 2.93. The summed E-state index contributed by atoms with van der Waals surface area (Å²) in [7, 11) is -1.59. The first-order valence-corrected chi connectivity index (χ1v) is 11.0. The number of hydrogen-bond acceptors (Lipinski definition) is 1. The molecule has 0 aromatic heterocycles. The van der Waals surface area contributed by atoms with Gasteiger partial charge in [-0.3, -0.25) is 0 Å². The van der Waals surface area contributed by atoms with Crippen LogP contribution in [0.3, 0.4) is 0 Å². The molecular formula is C13H30OSi2. The van der Waals surface area contributed by atoms with E-state index in [-0.39, 0.29) is 9.76 Å². The van der Waals surface area contributed by atoms with E-state index in [2.05, 4.69) is 27.7 Å². The molecule has 0 spiro atoms. The Balaban J connectivity index is 2.47. The van der Waals surface area contributed by atoms with Crippen LogP contribution in [0.5, 0.6) is 0 Å². The molecule has 0 aliphatic heterocycles. The van der Waals surface area contributed by atoms with Gasteiger partial charge in [0, 0.05) is 0 Å². The summed E-state index contributed by atoms with van der Waals surface area (Å²) in [6.45, 7) is 9.53. The maximum Gasteiger partial charge on any atom is 0.178 e. The van der Waals surface area contributed by atoms with E-state index in [0.29, 0.717) is 5.04 Å². The van der Waals surface area contributed by atoms with Gasteiger partial charge in [0.25, 0.3) is 0 Å². The minimum absolute atomic E-state index is 0.306. The van der Waals surface area contributed by atoms with Crippen LogP contribution in [0.1, 0.15) is 59.8 Å². The quantitative estimate of drug-likeness (QED) is 0.648. The molecule has 1 nitrogen and oxygen atoms in total. The van der Waals surface area contributed by atoms with Gasteiger partial charge >= 0.3 is 0 Å². The lowest BCUT2D eigenvalue weighted by Crippen LogP contribution is -2.40. The SMILES string of the molecule is CC[Si](CC)(CC)O[SiH2]C1(C)CCCCC1. The molecule has 0 saturated heterocycles. The van der Waals surface area contributed by atoms with E-state index in [9.17, 15) is 0 Å². The van der Waals surface area contributed by atoms with Crippen molar-refractivity contribution in [3.8, 4) is 0 Å². The average molecular weight is 259 g/mol. The average Bonchev–Trinajstić information content (AvgIpc) is 2.33. The van der Waals surface area contributed by atoms with Gasteiger partial charge in [-0.2, -0.15) is 0 Å². The summed E-state index contributed by atoms with van der Waals surface area (Å²) < 4.78 is 6.60. The first-order valence-electron chi connectivity index (χ1n) is 7.24. The third-order valence-corrected chi connectivity index (χ3v) is 13.0. The fraction of sp³-hybridized carbons (Fsp3) is 1.00. The highest BCUT2D eigenvalue weighted by atomic mass is 28.4. The maximum atomic E-state index is 6.60. The molecule has 16 heavy (non-hydrogen) atoms. The van der Waals surface area contributed by atoms with Gasteiger partial charge in [-0.15, -0.1) is 0 Å². The van der Waals surface area contributed by atoms with E-state index in [1.54, 1.807) is 0 Å². The first kappa shape index (κ1) is 14.5. The fourth-order valence-corrected chi connectivity index (χ4v) is 10.3. The standard InChI is InChI=1S/C13H30OSi2/c1-5-16(6-2,7-3)14-15-13(4)11-9-8-10-12-13/h5-12,15H2,1-4H3. The van der Waals surface area contributed by atoms with E-state index in [1.165, 1.54) is 50.2 Å². The van der Waals surface area contributed by atoms with Gasteiger partial charge in [0.2, 0.25) is 0 Å². The largest absolute Gasteiger partial charge is 0.460 e. The summed E-state index contributed by atoms with van der Waals surface area (Å²) in [4.78, 5) is 0. The van der Waals surface area contributed by atoms with E-state index in [4.69, 9.17) is 4.12 Å². The van der Waals surface area contributed by atoms with Crippen molar-refractivity contribution in [2.24, 2.45) is 0 Å². The lowest BCUT2D eigenvalue weighted by atomic mass is 9.90. The number of hydrogen-bond donors (Lipinski definition) is 0. The molecule has 1 aliphatic carbocycles. The van der Waals surface area contributed by atoms with Gasteiger partial charge < -0.3 is 4.12 Å². The molecule has 0 amide bonds. The molecule has 0 heterocycles. The van der Waals surface area contributed by atoms with Crippen LogP contribution < -0.4 is 0 Å². The Morgan fingerprint density at radius 3 is 1.94 bits per heavy atom. The summed E-state index contributed by atoms with van der Waals surface area (Å²) >= 11 is 0. The van der Waals surface area contributed by atoms with Crippen molar-refractivity contribution in [3.05, 3.63) is 0 Å². The Morgan fingerprint density at radius 1 is 1.00 bits per heavy atom. The van der Waals surface area contributed by atoms with Gasteiger partial charge in [-0.05, 0) is 36.0 Å². The molecule has 0 unspecified atom stereocenters. The van der Waals surface area contributed by atoms with E-state index >= 15 is 0 Å². The van der Waals surface area contributed by atoms with Crippen LogP contribution in [-0.4, -0.2) is 18.1 Å². The molecule has 1 saturated carbocycles. The van der Waals surface area contributed by atoms with Crippen LogP contribution in [0, 0.1) is 0 Å².